The van der Waals surface area contributed by atoms with E-state index in [-0.39, 0.29) is 0 Å². The lowest BCUT2D eigenvalue weighted by Crippen LogP contribution is -1.93. The summed E-state index contributed by atoms with van der Waals surface area (Å²) in [5.41, 5.74) is 0. The van der Waals surface area contributed by atoms with Crippen LogP contribution in [0.5, 0.6) is 5.75 Å². The van der Waals surface area contributed by atoms with Crippen LogP contribution in [0.2, 0.25) is 0 Å². The van der Waals surface area contributed by atoms with Crippen molar-refractivity contribution in [3.8, 4) is 5.75 Å². The first-order valence-corrected chi connectivity index (χ1v) is 6.06. The number of phenols is 1. The van der Waals surface area contributed by atoms with Gasteiger partial charge in [-0.3, -0.25) is 0 Å². The number of hydrogen-bond acceptors (Lipinski definition) is 1. The van der Waals surface area contributed by atoms with Gasteiger partial charge in [0, 0.05) is 0 Å². The maximum absolute atomic E-state index is 9.07. The van der Waals surface area contributed by atoms with Crippen molar-refractivity contribution in [3.05, 3.63) is 24.3 Å². The van der Waals surface area contributed by atoms with Crippen LogP contribution in [0, 0.1) is 0 Å². The van der Waals surface area contributed by atoms with Crippen molar-refractivity contribution in [3.63, 3.8) is 0 Å². The zero-order valence-corrected chi connectivity index (χ0v) is 9.09. The Kier molecular flexibility index (Phi) is 4.85. The normalized spacial score (nSPS) is 11.2. The average molecular weight is 196 g/mol. The molecule has 0 saturated heterocycles. The van der Waals surface area contributed by atoms with E-state index in [1.54, 1.807) is 12.1 Å². The molecular formula is C11H17OP. The molecule has 0 aliphatic heterocycles. The van der Waals surface area contributed by atoms with Crippen molar-refractivity contribution in [2.45, 2.75) is 26.2 Å². The second-order valence-electron chi connectivity index (χ2n) is 3.18. The van der Waals surface area contributed by atoms with E-state index in [1.807, 2.05) is 12.1 Å². The van der Waals surface area contributed by atoms with Crippen molar-refractivity contribution in [2.75, 3.05) is 6.16 Å². The number of unbranched alkanes of at least 4 members (excludes halogenated alkanes) is 2. The Labute approximate surface area is 82.0 Å². The van der Waals surface area contributed by atoms with Crippen molar-refractivity contribution in [1.29, 1.82) is 0 Å². The van der Waals surface area contributed by atoms with E-state index in [9.17, 15) is 0 Å². The van der Waals surface area contributed by atoms with Gasteiger partial charge < -0.3 is 5.11 Å². The molecule has 2 heteroatoms. The third-order valence-corrected chi connectivity index (χ3v) is 3.32. The van der Waals surface area contributed by atoms with E-state index >= 15 is 0 Å². The molecule has 0 aromatic heterocycles. The van der Waals surface area contributed by atoms with Crippen LogP contribution >= 0.6 is 8.58 Å². The van der Waals surface area contributed by atoms with E-state index in [2.05, 4.69) is 6.92 Å². The standard InChI is InChI=1S/C11H17OP/c1-2-3-4-9-13-11-7-5-10(12)6-8-11/h5-8,12-13H,2-4,9H2,1H3. The molecule has 1 unspecified atom stereocenters. The first-order chi connectivity index (χ1) is 6.33. The molecular weight excluding hydrogens is 179 g/mol. The molecule has 1 nitrogen and oxygen atoms in total. The average Bonchev–Trinajstić information content (AvgIpc) is 2.15. The molecule has 1 atom stereocenters. The fraction of sp³-hybridized carbons (Fsp3) is 0.455. The van der Waals surface area contributed by atoms with Crippen molar-refractivity contribution >= 4 is 13.9 Å². The number of rotatable bonds is 5. The Morgan fingerprint density at radius 2 is 1.85 bits per heavy atom. The Balaban J connectivity index is 2.25. The Hall–Kier alpha value is -0.550. The van der Waals surface area contributed by atoms with Crippen LogP contribution in [-0.4, -0.2) is 11.3 Å². The molecule has 0 bridgehead atoms. The molecule has 13 heavy (non-hydrogen) atoms. The number of aromatic hydroxyl groups is 1. The number of phenolic OH excluding ortho intramolecular Hbond substituents is 1. The van der Waals surface area contributed by atoms with Crippen LogP contribution in [0.4, 0.5) is 0 Å². The lowest BCUT2D eigenvalue weighted by atomic mass is 10.3. The molecule has 1 aromatic carbocycles. The summed E-state index contributed by atoms with van der Waals surface area (Å²) in [5, 5.41) is 10.4. The fourth-order valence-corrected chi connectivity index (χ4v) is 2.30. The lowest BCUT2D eigenvalue weighted by Gasteiger charge is -2.01. The smallest absolute Gasteiger partial charge is 0.115 e. The summed E-state index contributed by atoms with van der Waals surface area (Å²) in [6.07, 6.45) is 5.25. The van der Waals surface area contributed by atoms with Gasteiger partial charge in [0.25, 0.3) is 0 Å². The van der Waals surface area contributed by atoms with Crippen LogP contribution < -0.4 is 5.30 Å². The Morgan fingerprint density at radius 1 is 1.15 bits per heavy atom. The maximum atomic E-state index is 9.07. The molecule has 0 saturated carbocycles. The van der Waals surface area contributed by atoms with E-state index in [0.717, 1.165) is 8.58 Å². The van der Waals surface area contributed by atoms with Gasteiger partial charge >= 0.3 is 0 Å². The minimum Gasteiger partial charge on any atom is -0.508 e. The molecule has 0 heterocycles. The SMILES string of the molecule is CCCCCPc1ccc(O)cc1. The zero-order chi connectivity index (χ0) is 9.52. The minimum absolute atomic E-state index is 0.363. The summed E-state index contributed by atoms with van der Waals surface area (Å²) in [6.45, 7) is 2.23. The second kappa shape index (κ2) is 5.99. The minimum atomic E-state index is 0.363. The largest absolute Gasteiger partial charge is 0.508 e. The van der Waals surface area contributed by atoms with Gasteiger partial charge in [0.15, 0.2) is 0 Å². The highest BCUT2D eigenvalue weighted by Crippen LogP contribution is 2.15. The van der Waals surface area contributed by atoms with Gasteiger partial charge in [-0.2, -0.15) is 0 Å². The van der Waals surface area contributed by atoms with Crippen LogP contribution in [0.3, 0.4) is 0 Å². The van der Waals surface area contributed by atoms with Gasteiger partial charge in [-0.15, -0.1) is 0 Å². The summed E-state index contributed by atoms with van der Waals surface area (Å²) in [4.78, 5) is 0. The van der Waals surface area contributed by atoms with Gasteiger partial charge in [0.05, 0.1) is 0 Å². The highest BCUT2D eigenvalue weighted by molar-refractivity contribution is 7.47. The molecule has 0 radical (unpaired) electrons. The molecule has 0 amide bonds. The third-order valence-electron chi connectivity index (χ3n) is 1.98. The molecule has 0 spiro atoms. The molecule has 1 N–H and O–H groups in total. The summed E-state index contributed by atoms with van der Waals surface area (Å²) in [5.74, 6) is 0.363. The first kappa shape index (κ1) is 10.5. The molecule has 0 aliphatic carbocycles. The van der Waals surface area contributed by atoms with Crippen LogP contribution in [0.25, 0.3) is 0 Å². The molecule has 1 aromatic rings. The van der Waals surface area contributed by atoms with E-state index in [4.69, 9.17) is 5.11 Å². The monoisotopic (exact) mass is 196 g/mol. The summed E-state index contributed by atoms with van der Waals surface area (Å²) in [6, 6.07) is 7.56. The second-order valence-corrected chi connectivity index (χ2v) is 4.61. The van der Waals surface area contributed by atoms with Gasteiger partial charge in [0.2, 0.25) is 0 Å². The number of hydrogen-bond donors (Lipinski definition) is 1. The van der Waals surface area contributed by atoms with Crippen LogP contribution in [-0.2, 0) is 0 Å². The maximum Gasteiger partial charge on any atom is 0.115 e. The summed E-state index contributed by atoms with van der Waals surface area (Å²) in [7, 11) is 0.900. The predicted molar refractivity (Wildman–Crippen MR) is 60.4 cm³/mol. The molecule has 0 aliphatic rings. The van der Waals surface area contributed by atoms with Crippen molar-refractivity contribution < 1.29 is 5.11 Å². The van der Waals surface area contributed by atoms with E-state index in [0.29, 0.717) is 5.75 Å². The van der Waals surface area contributed by atoms with Crippen LogP contribution in [0.15, 0.2) is 24.3 Å². The quantitative estimate of drug-likeness (QED) is 0.567. The number of benzene rings is 1. The molecule has 1 rings (SSSR count). The van der Waals surface area contributed by atoms with Crippen molar-refractivity contribution in [2.24, 2.45) is 0 Å². The Morgan fingerprint density at radius 3 is 2.46 bits per heavy atom. The lowest BCUT2D eigenvalue weighted by molar-refractivity contribution is 0.475. The van der Waals surface area contributed by atoms with Gasteiger partial charge in [-0.1, -0.05) is 40.5 Å². The van der Waals surface area contributed by atoms with E-state index in [1.165, 1.54) is 30.7 Å². The van der Waals surface area contributed by atoms with Gasteiger partial charge in [-0.05, 0) is 30.0 Å². The summed E-state index contributed by atoms with van der Waals surface area (Å²) >= 11 is 0. The first-order valence-electron chi connectivity index (χ1n) is 4.86. The topological polar surface area (TPSA) is 20.2 Å². The van der Waals surface area contributed by atoms with Gasteiger partial charge in [0.1, 0.15) is 5.75 Å². The summed E-state index contributed by atoms with van der Waals surface area (Å²) < 4.78 is 0. The van der Waals surface area contributed by atoms with E-state index < -0.39 is 0 Å². The molecule has 72 valence electrons. The van der Waals surface area contributed by atoms with Crippen molar-refractivity contribution in [1.82, 2.24) is 0 Å². The zero-order valence-electron chi connectivity index (χ0n) is 8.09. The van der Waals surface area contributed by atoms with Crippen LogP contribution in [0.1, 0.15) is 26.2 Å². The fourth-order valence-electron chi connectivity index (χ4n) is 1.19. The predicted octanol–water partition coefficient (Wildman–Crippen LogP) is 2.89. The highest BCUT2D eigenvalue weighted by Gasteiger charge is 1.92. The molecule has 0 fully saturated rings. The van der Waals surface area contributed by atoms with Gasteiger partial charge in [-0.25, -0.2) is 0 Å². The highest BCUT2D eigenvalue weighted by atomic mass is 31.1. The Bertz CT molecular complexity index is 230. The third kappa shape index (κ3) is 4.28.